The van der Waals surface area contributed by atoms with Crippen LogP contribution in [0, 0.1) is 0 Å². The van der Waals surface area contributed by atoms with Crippen molar-refractivity contribution < 1.29 is 4.74 Å². The lowest BCUT2D eigenvalue weighted by atomic mass is 10.2. The Morgan fingerprint density at radius 3 is 2.41 bits per heavy atom. The normalized spacial score (nSPS) is 15.2. The third-order valence-corrected chi connectivity index (χ3v) is 5.23. The molecule has 0 radical (unpaired) electrons. The molecule has 2 aromatic heterocycles. The summed E-state index contributed by atoms with van der Waals surface area (Å²) in [6.45, 7) is 5.58. The maximum absolute atomic E-state index is 5.42. The fraction of sp³-hybridized carbons (Fsp3) is 0.318. The van der Waals surface area contributed by atoms with Crippen LogP contribution in [0.2, 0.25) is 0 Å². The second-order valence-electron chi connectivity index (χ2n) is 7.25. The highest BCUT2D eigenvalue weighted by atomic mass is 16.5. The molecule has 1 fully saturated rings. The summed E-state index contributed by atoms with van der Waals surface area (Å²) in [5.74, 6) is 1.50. The van der Waals surface area contributed by atoms with Gasteiger partial charge < -0.3 is 15.0 Å². The molecule has 7 nitrogen and oxygen atoms in total. The number of benzene rings is 2. The molecule has 7 heteroatoms. The Balaban J connectivity index is 1.40. The molecule has 4 aromatic rings. The molecule has 1 saturated heterocycles. The van der Waals surface area contributed by atoms with E-state index >= 15 is 0 Å². The van der Waals surface area contributed by atoms with Crippen molar-refractivity contribution >= 4 is 27.9 Å². The number of para-hydroxylation sites is 4. The average molecular weight is 388 g/mol. The van der Waals surface area contributed by atoms with Gasteiger partial charge in [-0.15, -0.1) is 0 Å². The van der Waals surface area contributed by atoms with E-state index in [1.807, 2.05) is 48.5 Å². The van der Waals surface area contributed by atoms with Crippen molar-refractivity contribution in [2.45, 2.75) is 6.42 Å². The number of fused-ring (bicyclic) bond motifs is 2. The molecule has 3 heterocycles. The van der Waals surface area contributed by atoms with Crippen LogP contribution in [0.5, 0.6) is 0 Å². The minimum absolute atomic E-state index is 0.736. The van der Waals surface area contributed by atoms with Gasteiger partial charge in [0, 0.05) is 19.6 Å². The summed E-state index contributed by atoms with van der Waals surface area (Å²) < 4.78 is 5.42. The third kappa shape index (κ3) is 3.92. The van der Waals surface area contributed by atoms with E-state index in [1.54, 1.807) is 0 Å². The second kappa shape index (κ2) is 8.14. The van der Waals surface area contributed by atoms with E-state index in [-0.39, 0.29) is 0 Å². The third-order valence-electron chi connectivity index (χ3n) is 5.23. The first-order valence-electron chi connectivity index (χ1n) is 10.1. The summed E-state index contributed by atoms with van der Waals surface area (Å²) in [6.07, 6.45) is 1.04. The molecule has 1 aliphatic heterocycles. The lowest BCUT2D eigenvalue weighted by Gasteiger charge is -2.26. The molecule has 0 amide bonds. The SMILES string of the molecule is c1ccc2nc(-c3nc4ccccc4[nH]3)c(NCCCN3CCOCC3)nc2c1. The van der Waals surface area contributed by atoms with E-state index in [1.165, 1.54) is 0 Å². The van der Waals surface area contributed by atoms with Gasteiger partial charge in [0.05, 0.1) is 35.3 Å². The Morgan fingerprint density at radius 1 is 0.897 bits per heavy atom. The molecular weight excluding hydrogens is 364 g/mol. The number of nitrogens with one attached hydrogen (secondary N) is 2. The summed E-state index contributed by atoms with van der Waals surface area (Å²) in [6, 6.07) is 16.0. The maximum Gasteiger partial charge on any atom is 0.161 e. The predicted octanol–water partition coefficient (Wildman–Crippen LogP) is 3.31. The average Bonchev–Trinajstić information content (AvgIpc) is 3.21. The van der Waals surface area contributed by atoms with Gasteiger partial charge in [-0.25, -0.2) is 15.0 Å². The van der Waals surface area contributed by atoms with Gasteiger partial charge in [-0.3, -0.25) is 4.90 Å². The highest BCUT2D eigenvalue weighted by Crippen LogP contribution is 2.26. The zero-order valence-electron chi connectivity index (χ0n) is 16.3. The Hall–Kier alpha value is -3.03. The minimum atomic E-state index is 0.736. The van der Waals surface area contributed by atoms with Gasteiger partial charge in [-0.1, -0.05) is 24.3 Å². The van der Waals surface area contributed by atoms with E-state index in [0.717, 1.165) is 85.2 Å². The molecule has 0 atom stereocenters. The Kier molecular flexibility index (Phi) is 5.06. The Morgan fingerprint density at radius 2 is 1.62 bits per heavy atom. The molecule has 5 rings (SSSR count). The fourth-order valence-corrected chi connectivity index (χ4v) is 3.69. The Bertz CT molecular complexity index is 1090. The second-order valence-corrected chi connectivity index (χ2v) is 7.25. The van der Waals surface area contributed by atoms with Crippen molar-refractivity contribution in [3.63, 3.8) is 0 Å². The van der Waals surface area contributed by atoms with Crippen LogP contribution in [-0.2, 0) is 4.74 Å². The van der Waals surface area contributed by atoms with Crippen LogP contribution in [0.4, 0.5) is 5.82 Å². The highest BCUT2D eigenvalue weighted by Gasteiger charge is 2.15. The highest BCUT2D eigenvalue weighted by molar-refractivity contribution is 5.85. The minimum Gasteiger partial charge on any atom is -0.379 e. The van der Waals surface area contributed by atoms with E-state index in [0.29, 0.717) is 0 Å². The topological polar surface area (TPSA) is 79.0 Å². The molecule has 2 aromatic carbocycles. The molecule has 148 valence electrons. The van der Waals surface area contributed by atoms with Crippen molar-refractivity contribution in [2.75, 3.05) is 44.7 Å². The number of aromatic amines is 1. The zero-order chi connectivity index (χ0) is 19.5. The van der Waals surface area contributed by atoms with Crippen LogP contribution < -0.4 is 5.32 Å². The van der Waals surface area contributed by atoms with Gasteiger partial charge in [0.2, 0.25) is 0 Å². The zero-order valence-corrected chi connectivity index (χ0v) is 16.3. The maximum atomic E-state index is 5.42. The summed E-state index contributed by atoms with van der Waals surface area (Å²) in [7, 11) is 0. The summed E-state index contributed by atoms with van der Waals surface area (Å²) in [5, 5.41) is 3.50. The molecular formula is C22H24N6O. The first kappa shape index (κ1) is 18.0. The molecule has 0 saturated carbocycles. The van der Waals surface area contributed by atoms with Crippen LogP contribution in [0.25, 0.3) is 33.6 Å². The smallest absolute Gasteiger partial charge is 0.161 e. The van der Waals surface area contributed by atoms with Crippen molar-refractivity contribution in [2.24, 2.45) is 0 Å². The van der Waals surface area contributed by atoms with Crippen LogP contribution >= 0.6 is 0 Å². The van der Waals surface area contributed by atoms with Gasteiger partial charge >= 0.3 is 0 Å². The van der Waals surface area contributed by atoms with Gasteiger partial charge in [-0.2, -0.15) is 0 Å². The van der Waals surface area contributed by atoms with Crippen LogP contribution in [-0.4, -0.2) is 64.2 Å². The molecule has 0 aliphatic carbocycles. The fourth-order valence-electron chi connectivity index (χ4n) is 3.69. The van der Waals surface area contributed by atoms with Gasteiger partial charge in [0.1, 0.15) is 5.69 Å². The Labute approximate surface area is 169 Å². The number of hydrogen-bond donors (Lipinski definition) is 2. The summed E-state index contributed by atoms with van der Waals surface area (Å²) >= 11 is 0. The van der Waals surface area contributed by atoms with Crippen molar-refractivity contribution in [1.29, 1.82) is 0 Å². The van der Waals surface area contributed by atoms with Gasteiger partial charge in [0.25, 0.3) is 0 Å². The van der Waals surface area contributed by atoms with Crippen molar-refractivity contribution in [1.82, 2.24) is 24.8 Å². The van der Waals surface area contributed by atoms with E-state index < -0.39 is 0 Å². The number of aromatic nitrogens is 4. The monoisotopic (exact) mass is 388 g/mol. The molecule has 0 bridgehead atoms. The summed E-state index contributed by atoms with van der Waals surface area (Å²) in [5.41, 5.74) is 4.42. The van der Waals surface area contributed by atoms with E-state index in [2.05, 4.69) is 15.2 Å². The van der Waals surface area contributed by atoms with E-state index in [4.69, 9.17) is 19.7 Å². The lowest BCUT2D eigenvalue weighted by molar-refractivity contribution is 0.0378. The van der Waals surface area contributed by atoms with Gasteiger partial charge in [0.15, 0.2) is 11.6 Å². The predicted molar refractivity (Wildman–Crippen MR) is 115 cm³/mol. The van der Waals surface area contributed by atoms with Crippen LogP contribution in [0.1, 0.15) is 6.42 Å². The molecule has 2 N–H and O–H groups in total. The van der Waals surface area contributed by atoms with Crippen LogP contribution in [0.3, 0.4) is 0 Å². The molecule has 0 spiro atoms. The van der Waals surface area contributed by atoms with Gasteiger partial charge in [-0.05, 0) is 37.2 Å². The standard InChI is InChI=1S/C22H24N6O/c1-2-7-17-16(6-1)24-20(22-26-18-8-3-4-9-19(18)27-22)21(25-17)23-10-5-11-28-12-14-29-15-13-28/h1-4,6-9H,5,10-15H2,(H,23,25)(H,26,27). The largest absolute Gasteiger partial charge is 0.379 e. The molecule has 29 heavy (non-hydrogen) atoms. The first-order chi connectivity index (χ1) is 14.4. The van der Waals surface area contributed by atoms with Crippen LogP contribution in [0.15, 0.2) is 48.5 Å². The molecule has 0 unspecified atom stereocenters. The number of rotatable bonds is 6. The number of morpholine rings is 1. The number of ether oxygens (including phenoxy) is 1. The number of hydrogen-bond acceptors (Lipinski definition) is 6. The number of imidazole rings is 1. The van der Waals surface area contributed by atoms with Crippen molar-refractivity contribution in [3.05, 3.63) is 48.5 Å². The number of anilines is 1. The summed E-state index contributed by atoms with van der Waals surface area (Å²) in [4.78, 5) is 20.3. The number of nitrogens with zero attached hydrogens (tertiary/aromatic N) is 4. The first-order valence-corrected chi connectivity index (χ1v) is 10.1. The van der Waals surface area contributed by atoms with Crippen molar-refractivity contribution in [3.8, 4) is 11.5 Å². The lowest BCUT2D eigenvalue weighted by Crippen LogP contribution is -2.37. The van der Waals surface area contributed by atoms with E-state index in [9.17, 15) is 0 Å². The quantitative estimate of drug-likeness (QED) is 0.494. The number of H-pyrrole nitrogens is 1. The molecule has 1 aliphatic rings.